The third-order valence-corrected chi connectivity index (χ3v) is 6.53. The van der Waals surface area contributed by atoms with Crippen LogP contribution in [0.4, 0.5) is 10.8 Å². The Kier molecular flexibility index (Phi) is 4.85. The van der Waals surface area contributed by atoms with Crippen LogP contribution in [0.5, 0.6) is 0 Å². The Bertz CT molecular complexity index is 1060. The number of carbonyl (C=O) groups excluding carboxylic acids is 1. The molecule has 150 valence electrons. The second kappa shape index (κ2) is 7.65. The summed E-state index contributed by atoms with van der Waals surface area (Å²) in [7, 11) is 0. The van der Waals surface area contributed by atoms with Crippen molar-refractivity contribution in [2.45, 2.75) is 19.3 Å². The van der Waals surface area contributed by atoms with Crippen molar-refractivity contribution in [1.82, 2.24) is 4.98 Å². The molecule has 2 unspecified atom stereocenters. The van der Waals surface area contributed by atoms with Crippen molar-refractivity contribution in [1.29, 1.82) is 0 Å². The molecule has 5 rings (SSSR count). The second-order valence-electron chi connectivity index (χ2n) is 7.66. The summed E-state index contributed by atoms with van der Waals surface area (Å²) in [4.78, 5) is 19.3. The number of benzene rings is 1. The molecule has 0 bridgehead atoms. The van der Waals surface area contributed by atoms with Gasteiger partial charge in [0.25, 0.3) is 0 Å². The van der Waals surface area contributed by atoms with Crippen LogP contribution in [0, 0.1) is 5.92 Å². The number of nitrogens with zero attached hydrogens (tertiary/aromatic N) is 2. The van der Waals surface area contributed by atoms with E-state index >= 15 is 0 Å². The fourth-order valence-electron chi connectivity index (χ4n) is 3.60. The Morgan fingerprint density at radius 3 is 2.90 bits per heavy atom. The summed E-state index contributed by atoms with van der Waals surface area (Å²) >= 11 is 1.64. The van der Waals surface area contributed by atoms with E-state index in [0.29, 0.717) is 17.6 Å². The van der Waals surface area contributed by atoms with Crippen molar-refractivity contribution >= 4 is 44.4 Å². The lowest BCUT2D eigenvalue weighted by atomic mass is 10.3. The lowest BCUT2D eigenvalue weighted by molar-refractivity contribution is -0.111. The smallest absolute Gasteiger partial charge is 0.248 e. The first kappa shape index (κ1) is 18.4. The summed E-state index contributed by atoms with van der Waals surface area (Å²) in [6.45, 7) is 5.42. The summed E-state index contributed by atoms with van der Waals surface area (Å²) < 4.78 is 12.3. The molecule has 2 fully saturated rings. The predicted octanol–water partition coefficient (Wildman–Crippen LogP) is 4.50. The predicted molar refractivity (Wildman–Crippen MR) is 116 cm³/mol. The zero-order chi connectivity index (χ0) is 19.8. The molecule has 29 heavy (non-hydrogen) atoms. The number of furan rings is 1. The number of carbonyl (C=O) groups is 1. The molecule has 0 radical (unpaired) electrons. The standard InChI is InChI=1S/C22H23N3O3S/c1-14-12-17(14)19-6-3-16(28-19)4-7-21(26)23-15-2-5-18-20(13-15)29-22(24-18)25-8-10-27-11-9-25/h2-7,13-14,17H,8-12H2,1H3,(H,23,26)/b7-4+. The highest BCUT2D eigenvalue weighted by molar-refractivity contribution is 7.22. The van der Waals surface area contributed by atoms with E-state index in [2.05, 4.69) is 17.1 Å². The molecule has 1 saturated heterocycles. The number of amides is 1. The molecule has 1 N–H and O–H groups in total. The van der Waals surface area contributed by atoms with Gasteiger partial charge in [-0.2, -0.15) is 0 Å². The number of aromatic nitrogens is 1. The van der Waals surface area contributed by atoms with Crippen molar-refractivity contribution in [2.75, 3.05) is 36.5 Å². The van der Waals surface area contributed by atoms with Gasteiger partial charge < -0.3 is 19.4 Å². The molecule has 3 heterocycles. The van der Waals surface area contributed by atoms with Crippen molar-refractivity contribution in [3.8, 4) is 0 Å². The molecule has 1 saturated carbocycles. The van der Waals surface area contributed by atoms with Gasteiger partial charge in [-0.25, -0.2) is 4.98 Å². The number of nitrogens with one attached hydrogen (secondary N) is 1. The minimum absolute atomic E-state index is 0.181. The summed E-state index contributed by atoms with van der Waals surface area (Å²) in [5.41, 5.74) is 1.71. The maximum Gasteiger partial charge on any atom is 0.248 e. The number of hydrogen-bond acceptors (Lipinski definition) is 6. The van der Waals surface area contributed by atoms with Gasteiger partial charge >= 0.3 is 0 Å². The van der Waals surface area contributed by atoms with Gasteiger partial charge in [-0.1, -0.05) is 18.3 Å². The maximum atomic E-state index is 12.3. The number of rotatable bonds is 5. The highest BCUT2D eigenvalue weighted by Gasteiger charge is 2.36. The van der Waals surface area contributed by atoms with Crippen molar-refractivity contribution in [3.63, 3.8) is 0 Å². The van der Waals surface area contributed by atoms with Crippen LogP contribution in [0.2, 0.25) is 0 Å². The van der Waals surface area contributed by atoms with Gasteiger partial charge in [-0.3, -0.25) is 4.79 Å². The highest BCUT2D eigenvalue weighted by Crippen LogP contribution is 2.47. The van der Waals surface area contributed by atoms with Crippen molar-refractivity contribution in [2.24, 2.45) is 5.92 Å². The van der Waals surface area contributed by atoms with E-state index in [4.69, 9.17) is 14.1 Å². The zero-order valence-corrected chi connectivity index (χ0v) is 17.1. The minimum atomic E-state index is -0.181. The Morgan fingerprint density at radius 1 is 1.28 bits per heavy atom. The fourth-order valence-corrected chi connectivity index (χ4v) is 4.65. The molecule has 1 aliphatic heterocycles. The molecular formula is C22H23N3O3S. The van der Waals surface area contributed by atoms with Crippen LogP contribution < -0.4 is 10.2 Å². The fraction of sp³-hybridized carbons (Fsp3) is 0.364. The molecule has 1 amide bonds. The lowest BCUT2D eigenvalue weighted by Gasteiger charge is -2.25. The summed E-state index contributed by atoms with van der Waals surface area (Å²) in [6.07, 6.45) is 4.41. The summed E-state index contributed by atoms with van der Waals surface area (Å²) in [6, 6.07) is 9.74. The van der Waals surface area contributed by atoms with E-state index in [1.807, 2.05) is 30.3 Å². The monoisotopic (exact) mass is 409 g/mol. The Hall–Kier alpha value is -2.64. The summed E-state index contributed by atoms with van der Waals surface area (Å²) in [5.74, 6) is 2.79. The van der Waals surface area contributed by atoms with E-state index < -0.39 is 0 Å². The van der Waals surface area contributed by atoms with E-state index in [9.17, 15) is 4.79 Å². The number of fused-ring (bicyclic) bond motifs is 1. The van der Waals surface area contributed by atoms with Gasteiger partial charge in [0.1, 0.15) is 11.5 Å². The molecule has 1 aliphatic carbocycles. The first-order valence-corrected chi connectivity index (χ1v) is 10.8. The van der Waals surface area contributed by atoms with Crippen molar-refractivity contribution in [3.05, 3.63) is 47.9 Å². The Labute approximate surface area is 173 Å². The molecule has 7 heteroatoms. The van der Waals surface area contributed by atoms with Crippen LogP contribution in [0.15, 0.2) is 40.8 Å². The number of thiazole rings is 1. The largest absolute Gasteiger partial charge is 0.461 e. The normalized spacial score (nSPS) is 21.8. The van der Waals surface area contributed by atoms with Crippen LogP contribution >= 0.6 is 11.3 Å². The Morgan fingerprint density at radius 2 is 2.10 bits per heavy atom. The van der Waals surface area contributed by atoms with Crippen molar-refractivity contribution < 1.29 is 13.9 Å². The quantitative estimate of drug-likeness (QED) is 0.629. The third-order valence-electron chi connectivity index (χ3n) is 5.45. The molecule has 0 spiro atoms. The first-order valence-electron chi connectivity index (χ1n) is 9.98. The molecular weight excluding hydrogens is 386 g/mol. The highest BCUT2D eigenvalue weighted by atomic mass is 32.1. The Balaban J connectivity index is 1.24. The van der Waals surface area contributed by atoms with Gasteiger partial charge in [-0.05, 0) is 48.7 Å². The lowest BCUT2D eigenvalue weighted by Crippen LogP contribution is -2.36. The average molecular weight is 410 g/mol. The second-order valence-corrected chi connectivity index (χ2v) is 8.67. The van der Waals surface area contributed by atoms with Gasteiger partial charge in [-0.15, -0.1) is 0 Å². The van der Waals surface area contributed by atoms with E-state index in [1.165, 1.54) is 12.5 Å². The maximum absolute atomic E-state index is 12.3. The topological polar surface area (TPSA) is 67.6 Å². The number of ether oxygens (including phenoxy) is 1. The third kappa shape index (κ3) is 4.06. The van der Waals surface area contributed by atoms with Crippen LogP contribution in [0.25, 0.3) is 16.3 Å². The minimum Gasteiger partial charge on any atom is -0.461 e. The van der Waals surface area contributed by atoms with Gasteiger partial charge in [0.2, 0.25) is 5.91 Å². The molecule has 2 aliphatic rings. The van der Waals surface area contributed by atoms with E-state index in [0.717, 1.165) is 53.1 Å². The SMILES string of the molecule is CC1CC1c1ccc(/C=C/C(=O)Nc2ccc3nc(N4CCOCC4)sc3c2)o1. The average Bonchev–Trinajstić information content (AvgIpc) is 3.13. The van der Waals surface area contributed by atoms with Crippen LogP contribution in [-0.4, -0.2) is 37.2 Å². The van der Waals surface area contributed by atoms with Gasteiger partial charge in [0.15, 0.2) is 5.13 Å². The van der Waals surface area contributed by atoms with Crippen LogP contribution in [0.3, 0.4) is 0 Å². The van der Waals surface area contributed by atoms with E-state index in [-0.39, 0.29) is 5.91 Å². The molecule has 2 aromatic heterocycles. The number of hydrogen-bond donors (Lipinski definition) is 1. The summed E-state index contributed by atoms with van der Waals surface area (Å²) in [5, 5.41) is 3.92. The molecule has 6 nitrogen and oxygen atoms in total. The molecule has 1 aromatic carbocycles. The van der Waals surface area contributed by atoms with Crippen LogP contribution in [0.1, 0.15) is 30.8 Å². The molecule has 2 atom stereocenters. The van der Waals surface area contributed by atoms with Gasteiger partial charge in [0, 0.05) is 30.8 Å². The molecule has 3 aromatic rings. The number of anilines is 2. The van der Waals surface area contributed by atoms with E-state index in [1.54, 1.807) is 17.4 Å². The zero-order valence-electron chi connectivity index (χ0n) is 16.3. The number of morpholine rings is 1. The van der Waals surface area contributed by atoms with Gasteiger partial charge in [0.05, 0.1) is 23.4 Å². The van der Waals surface area contributed by atoms with Crippen LogP contribution in [-0.2, 0) is 9.53 Å². The first-order chi connectivity index (χ1) is 14.2.